The van der Waals surface area contributed by atoms with Crippen LogP contribution in [0.3, 0.4) is 0 Å². The van der Waals surface area contributed by atoms with E-state index in [4.69, 9.17) is 4.42 Å². The quantitative estimate of drug-likeness (QED) is 0.735. The van der Waals surface area contributed by atoms with Gasteiger partial charge >= 0.3 is 0 Å². The van der Waals surface area contributed by atoms with E-state index in [0.717, 1.165) is 21.9 Å². The third-order valence-corrected chi connectivity index (χ3v) is 3.90. The zero-order chi connectivity index (χ0) is 16.1. The van der Waals surface area contributed by atoms with E-state index in [1.54, 1.807) is 6.07 Å². The molecule has 0 aliphatic carbocycles. The van der Waals surface area contributed by atoms with Crippen LogP contribution in [0.15, 0.2) is 65.5 Å². The van der Waals surface area contributed by atoms with E-state index in [1.807, 2.05) is 42.5 Å². The fraction of sp³-hybridized carbons (Fsp3) is 0.211. The number of fused-ring (bicyclic) bond motifs is 1. The minimum Gasteiger partial charge on any atom is -0.472 e. The summed E-state index contributed by atoms with van der Waals surface area (Å²) in [7, 11) is 0. The summed E-state index contributed by atoms with van der Waals surface area (Å²) in [5, 5.41) is 15.0. The molecule has 0 aliphatic rings. The number of furan rings is 1. The molecule has 0 saturated heterocycles. The van der Waals surface area contributed by atoms with Gasteiger partial charge in [-0.3, -0.25) is 4.79 Å². The minimum absolute atomic E-state index is 0.0410. The fourth-order valence-corrected chi connectivity index (χ4v) is 2.66. The average molecular weight is 309 g/mol. The van der Waals surface area contributed by atoms with Crippen molar-refractivity contribution in [1.29, 1.82) is 0 Å². The molecule has 0 fully saturated rings. The molecule has 1 heterocycles. The number of hydrogen-bond donors (Lipinski definition) is 2. The summed E-state index contributed by atoms with van der Waals surface area (Å²) in [6.45, 7) is 0.427. The molecule has 0 radical (unpaired) electrons. The number of rotatable bonds is 6. The van der Waals surface area contributed by atoms with E-state index in [-0.39, 0.29) is 5.91 Å². The molecule has 1 atom stereocenters. The van der Waals surface area contributed by atoms with Gasteiger partial charge in [0.1, 0.15) is 0 Å². The molecule has 0 saturated carbocycles. The molecule has 3 rings (SSSR count). The van der Waals surface area contributed by atoms with Crippen molar-refractivity contribution in [2.75, 3.05) is 6.54 Å². The van der Waals surface area contributed by atoms with Crippen LogP contribution in [0.1, 0.15) is 23.7 Å². The Morgan fingerprint density at radius 3 is 2.78 bits per heavy atom. The Morgan fingerprint density at radius 2 is 1.96 bits per heavy atom. The Hall–Kier alpha value is -2.59. The molecule has 0 spiro atoms. The molecule has 0 aliphatic heterocycles. The largest absolute Gasteiger partial charge is 0.472 e. The smallest absolute Gasteiger partial charge is 0.224 e. The van der Waals surface area contributed by atoms with Crippen molar-refractivity contribution in [2.45, 2.75) is 18.9 Å². The third-order valence-electron chi connectivity index (χ3n) is 3.90. The molecule has 0 bridgehead atoms. The maximum atomic E-state index is 12.1. The Kier molecular flexibility index (Phi) is 4.74. The number of aliphatic hydroxyl groups is 1. The van der Waals surface area contributed by atoms with E-state index in [0.29, 0.717) is 19.4 Å². The van der Waals surface area contributed by atoms with E-state index in [1.165, 1.54) is 12.5 Å². The number of carbonyl (C=O) groups is 1. The molecular weight excluding hydrogens is 290 g/mol. The van der Waals surface area contributed by atoms with Crippen molar-refractivity contribution in [3.63, 3.8) is 0 Å². The molecule has 4 heteroatoms. The number of nitrogens with one attached hydrogen (secondary N) is 1. The molecule has 23 heavy (non-hydrogen) atoms. The first kappa shape index (κ1) is 15.3. The summed E-state index contributed by atoms with van der Waals surface area (Å²) in [4.78, 5) is 12.1. The van der Waals surface area contributed by atoms with Crippen molar-refractivity contribution in [2.24, 2.45) is 0 Å². The monoisotopic (exact) mass is 309 g/mol. The lowest BCUT2D eigenvalue weighted by Gasteiger charge is -2.10. The van der Waals surface area contributed by atoms with Gasteiger partial charge in [0.2, 0.25) is 5.91 Å². The van der Waals surface area contributed by atoms with Gasteiger partial charge in [-0.15, -0.1) is 0 Å². The van der Waals surface area contributed by atoms with Crippen LogP contribution < -0.4 is 5.32 Å². The highest BCUT2D eigenvalue weighted by atomic mass is 16.3. The van der Waals surface area contributed by atoms with Gasteiger partial charge in [0.25, 0.3) is 0 Å². The second-order valence-corrected chi connectivity index (χ2v) is 5.53. The average Bonchev–Trinajstić information content (AvgIpc) is 3.10. The fourth-order valence-electron chi connectivity index (χ4n) is 2.66. The van der Waals surface area contributed by atoms with Gasteiger partial charge in [-0.2, -0.15) is 0 Å². The highest BCUT2D eigenvalue weighted by Crippen LogP contribution is 2.19. The highest BCUT2D eigenvalue weighted by Gasteiger charge is 2.10. The molecule has 2 N–H and O–H groups in total. The third kappa shape index (κ3) is 3.79. The first-order chi connectivity index (χ1) is 11.2. The van der Waals surface area contributed by atoms with Crippen LogP contribution in [0, 0.1) is 0 Å². The van der Waals surface area contributed by atoms with Crippen LogP contribution in [0.25, 0.3) is 10.8 Å². The summed E-state index contributed by atoms with van der Waals surface area (Å²) >= 11 is 0. The van der Waals surface area contributed by atoms with Gasteiger partial charge in [-0.25, -0.2) is 0 Å². The lowest BCUT2D eigenvalue weighted by molar-refractivity contribution is -0.120. The number of amides is 1. The molecule has 2 aromatic carbocycles. The SMILES string of the molecule is O=C(Cc1cccc2ccccc12)NCCC(O)c1ccoc1. The van der Waals surface area contributed by atoms with Crippen LogP contribution in [-0.2, 0) is 11.2 Å². The molecule has 118 valence electrons. The zero-order valence-corrected chi connectivity index (χ0v) is 12.7. The lowest BCUT2D eigenvalue weighted by atomic mass is 10.0. The first-order valence-electron chi connectivity index (χ1n) is 7.67. The lowest BCUT2D eigenvalue weighted by Crippen LogP contribution is -2.27. The van der Waals surface area contributed by atoms with Crippen molar-refractivity contribution in [3.05, 3.63) is 72.2 Å². The maximum absolute atomic E-state index is 12.1. The van der Waals surface area contributed by atoms with E-state index >= 15 is 0 Å². The van der Waals surface area contributed by atoms with E-state index in [9.17, 15) is 9.90 Å². The van der Waals surface area contributed by atoms with E-state index < -0.39 is 6.10 Å². The van der Waals surface area contributed by atoms with Gasteiger partial charge in [-0.1, -0.05) is 42.5 Å². The number of aliphatic hydroxyl groups excluding tert-OH is 1. The zero-order valence-electron chi connectivity index (χ0n) is 12.7. The van der Waals surface area contributed by atoms with Crippen molar-refractivity contribution in [1.82, 2.24) is 5.32 Å². The van der Waals surface area contributed by atoms with Gasteiger partial charge in [0, 0.05) is 12.1 Å². The molecule has 1 unspecified atom stereocenters. The summed E-state index contributed by atoms with van der Waals surface area (Å²) in [6, 6.07) is 15.7. The molecule has 3 aromatic rings. The number of carbonyl (C=O) groups excluding carboxylic acids is 1. The van der Waals surface area contributed by atoms with Gasteiger partial charge in [0.15, 0.2) is 0 Å². The Bertz CT molecular complexity index is 775. The van der Waals surface area contributed by atoms with Crippen LogP contribution in [0.4, 0.5) is 0 Å². The second kappa shape index (κ2) is 7.11. The molecular formula is C19H19NO3. The Labute approximate surface area is 134 Å². The maximum Gasteiger partial charge on any atom is 0.224 e. The normalized spacial score (nSPS) is 12.2. The molecule has 4 nitrogen and oxygen atoms in total. The topological polar surface area (TPSA) is 62.5 Å². The Morgan fingerprint density at radius 1 is 1.13 bits per heavy atom. The van der Waals surface area contributed by atoms with Crippen LogP contribution >= 0.6 is 0 Å². The summed E-state index contributed by atoms with van der Waals surface area (Å²) in [5.74, 6) is -0.0410. The first-order valence-corrected chi connectivity index (χ1v) is 7.67. The standard InChI is InChI=1S/C19H19NO3/c21-18(16-9-11-23-13-16)8-10-20-19(22)12-15-6-3-5-14-4-1-2-7-17(14)15/h1-7,9,11,13,18,21H,8,10,12H2,(H,20,22). The number of benzene rings is 2. The predicted octanol–water partition coefficient (Wildman–Crippen LogP) is 3.22. The second-order valence-electron chi connectivity index (χ2n) is 5.53. The number of hydrogen-bond acceptors (Lipinski definition) is 3. The summed E-state index contributed by atoms with van der Waals surface area (Å²) < 4.78 is 4.94. The highest BCUT2D eigenvalue weighted by molar-refractivity contribution is 5.90. The van der Waals surface area contributed by atoms with Crippen LogP contribution in [0.5, 0.6) is 0 Å². The molecule has 1 aromatic heterocycles. The van der Waals surface area contributed by atoms with E-state index in [2.05, 4.69) is 5.32 Å². The van der Waals surface area contributed by atoms with Crippen LogP contribution in [0.2, 0.25) is 0 Å². The summed E-state index contributed by atoms with van der Waals surface area (Å²) in [6.07, 6.45) is 3.22. The Balaban J connectivity index is 1.55. The van der Waals surface area contributed by atoms with Crippen LogP contribution in [-0.4, -0.2) is 17.6 Å². The predicted molar refractivity (Wildman–Crippen MR) is 88.9 cm³/mol. The van der Waals surface area contributed by atoms with Gasteiger partial charge in [-0.05, 0) is 28.8 Å². The van der Waals surface area contributed by atoms with Crippen molar-refractivity contribution < 1.29 is 14.3 Å². The van der Waals surface area contributed by atoms with Gasteiger partial charge < -0.3 is 14.8 Å². The minimum atomic E-state index is -0.619. The van der Waals surface area contributed by atoms with Crippen molar-refractivity contribution >= 4 is 16.7 Å². The summed E-state index contributed by atoms with van der Waals surface area (Å²) in [5.41, 5.74) is 1.74. The molecule has 1 amide bonds. The van der Waals surface area contributed by atoms with Crippen molar-refractivity contribution in [3.8, 4) is 0 Å². The van der Waals surface area contributed by atoms with Gasteiger partial charge in [0.05, 0.1) is 25.1 Å².